The van der Waals surface area contributed by atoms with Gasteiger partial charge >= 0.3 is 0 Å². The van der Waals surface area contributed by atoms with Gasteiger partial charge in [0.1, 0.15) is 0 Å². The lowest BCUT2D eigenvalue weighted by atomic mass is 10.1. The van der Waals surface area contributed by atoms with Crippen molar-refractivity contribution in [3.05, 3.63) is 65.2 Å². The van der Waals surface area contributed by atoms with Gasteiger partial charge in [0.2, 0.25) is 0 Å². The second kappa shape index (κ2) is 6.05. The zero-order valence-electron chi connectivity index (χ0n) is 11.4. The van der Waals surface area contributed by atoms with Gasteiger partial charge in [0, 0.05) is 5.69 Å². The smallest absolute Gasteiger partial charge is 0.193 e. The fourth-order valence-electron chi connectivity index (χ4n) is 1.69. The molecule has 0 aromatic heterocycles. The van der Waals surface area contributed by atoms with Gasteiger partial charge in [-0.3, -0.25) is 0 Å². The summed E-state index contributed by atoms with van der Waals surface area (Å²) in [7, 11) is 0. The molecule has 0 saturated carbocycles. The largest absolute Gasteiger partial charge is 0.370 e. The molecule has 0 aliphatic carbocycles. The van der Waals surface area contributed by atoms with Gasteiger partial charge in [-0.15, -0.1) is 0 Å². The first kappa shape index (κ1) is 13.1. The summed E-state index contributed by atoms with van der Waals surface area (Å²) < 4.78 is 0. The van der Waals surface area contributed by atoms with Gasteiger partial charge in [-0.2, -0.15) is 0 Å². The monoisotopic (exact) mass is 253 g/mol. The van der Waals surface area contributed by atoms with Crippen LogP contribution < -0.4 is 11.1 Å². The third-order valence-electron chi connectivity index (χ3n) is 2.88. The highest BCUT2D eigenvalue weighted by Gasteiger charge is 1.95. The van der Waals surface area contributed by atoms with E-state index in [4.69, 9.17) is 5.73 Å². The first-order valence-electron chi connectivity index (χ1n) is 6.32. The molecule has 3 heteroatoms. The van der Waals surface area contributed by atoms with E-state index in [1.807, 2.05) is 24.3 Å². The minimum Gasteiger partial charge on any atom is -0.370 e. The molecule has 0 spiro atoms. The number of hydrogen-bond acceptors (Lipinski definition) is 1. The van der Waals surface area contributed by atoms with Gasteiger partial charge < -0.3 is 11.1 Å². The fraction of sp³-hybridized carbons (Fsp3) is 0.188. The van der Waals surface area contributed by atoms with Crippen LogP contribution in [-0.4, -0.2) is 5.96 Å². The van der Waals surface area contributed by atoms with Crippen molar-refractivity contribution in [1.82, 2.24) is 0 Å². The number of nitrogens with one attached hydrogen (secondary N) is 1. The summed E-state index contributed by atoms with van der Waals surface area (Å²) in [4.78, 5) is 4.33. The molecule has 0 aliphatic rings. The fourth-order valence-corrected chi connectivity index (χ4v) is 1.69. The average molecular weight is 253 g/mol. The molecule has 2 aromatic rings. The van der Waals surface area contributed by atoms with Gasteiger partial charge in [0.25, 0.3) is 0 Å². The Kier molecular flexibility index (Phi) is 4.18. The third kappa shape index (κ3) is 4.14. The Labute approximate surface area is 114 Å². The lowest BCUT2D eigenvalue weighted by Crippen LogP contribution is -2.22. The molecule has 3 N–H and O–H groups in total. The number of rotatable bonds is 3. The number of nitrogens with zero attached hydrogens (tertiary/aromatic N) is 1. The van der Waals surface area contributed by atoms with E-state index in [0.717, 1.165) is 11.3 Å². The van der Waals surface area contributed by atoms with Crippen molar-refractivity contribution >= 4 is 11.6 Å². The second-order valence-electron chi connectivity index (χ2n) is 4.68. The Bertz CT molecular complexity index is 554. The zero-order valence-corrected chi connectivity index (χ0v) is 11.4. The van der Waals surface area contributed by atoms with Crippen LogP contribution in [0.25, 0.3) is 0 Å². The predicted molar refractivity (Wildman–Crippen MR) is 81.3 cm³/mol. The highest BCUT2D eigenvalue weighted by Crippen LogP contribution is 2.08. The van der Waals surface area contributed by atoms with Gasteiger partial charge in [-0.05, 0) is 31.5 Å². The van der Waals surface area contributed by atoms with Crippen molar-refractivity contribution in [2.45, 2.75) is 20.4 Å². The summed E-state index contributed by atoms with van der Waals surface area (Å²) >= 11 is 0. The van der Waals surface area contributed by atoms with Crippen molar-refractivity contribution in [2.24, 2.45) is 10.7 Å². The Hall–Kier alpha value is -2.29. The summed E-state index contributed by atoms with van der Waals surface area (Å²) in [6.45, 7) is 4.71. The molecule has 19 heavy (non-hydrogen) atoms. The first-order chi connectivity index (χ1) is 9.13. The highest BCUT2D eigenvalue weighted by atomic mass is 15.1. The summed E-state index contributed by atoms with van der Waals surface area (Å²) in [6.07, 6.45) is 0. The van der Waals surface area contributed by atoms with Crippen LogP contribution in [0, 0.1) is 13.8 Å². The summed E-state index contributed by atoms with van der Waals surface area (Å²) in [5, 5.41) is 3.08. The molecule has 0 fully saturated rings. The lowest BCUT2D eigenvalue weighted by molar-refractivity contribution is 1.06. The van der Waals surface area contributed by atoms with Gasteiger partial charge in [-0.1, -0.05) is 47.5 Å². The number of aliphatic imine (C=N–C) groups is 1. The van der Waals surface area contributed by atoms with E-state index in [9.17, 15) is 0 Å². The van der Waals surface area contributed by atoms with E-state index in [1.165, 1.54) is 11.1 Å². The Balaban J connectivity index is 1.95. The van der Waals surface area contributed by atoms with Crippen LogP contribution >= 0.6 is 0 Å². The SMILES string of the molecule is Cc1ccc(CN=C(N)Nc2ccc(C)cc2)cc1. The number of nitrogens with two attached hydrogens (primary N) is 1. The topological polar surface area (TPSA) is 50.4 Å². The molecule has 0 saturated heterocycles. The van der Waals surface area contributed by atoms with Crippen molar-refractivity contribution < 1.29 is 0 Å². The summed E-state index contributed by atoms with van der Waals surface area (Å²) in [5.41, 5.74) is 10.4. The van der Waals surface area contributed by atoms with Crippen LogP contribution in [0.3, 0.4) is 0 Å². The molecule has 98 valence electrons. The third-order valence-corrected chi connectivity index (χ3v) is 2.88. The van der Waals surface area contributed by atoms with Gasteiger partial charge in [0.05, 0.1) is 6.54 Å². The van der Waals surface area contributed by atoms with Crippen LogP contribution in [-0.2, 0) is 6.54 Å². The molecule has 0 heterocycles. The number of hydrogen-bond donors (Lipinski definition) is 2. The van der Waals surface area contributed by atoms with Gasteiger partial charge in [0.15, 0.2) is 5.96 Å². The minimum absolute atomic E-state index is 0.435. The van der Waals surface area contributed by atoms with Crippen molar-refractivity contribution in [3.63, 3.8) is 0 Å². The zero-order chi connectivity index (χ0) is 13.7. The minimum atomic E-state index is 0.435. The van der Waals surface area contributed by atoms with Crippen LogP contribution in [0.1, 0.15) is 16.7 Å². The van der Waals surface area contributed by atoms with Crippen LogP contribution in [0.5, 0.6) is 0 Å². The molecule has 0 bridgehead atoms. The Morgan fingerprint density at radius 2 is 1.47 bits per heavy atom. The van der Waals surface area contributed by atoms with Crippen molar-refractivity contribution in [2.75, 3.05) is 5.32 Å². The maximum absolute atomic E-state index is 5.86. The standard InChI is InChI=1S/C16H19N3/c1-12-3-7-14(8-4-12)11-18-16(17)19-15-9-5-13(2)6-10-15/h3-10H,11H2,1-2H3,(H3,17,18,19). The predicted octanol–water partition coefficient (Wildman–Crippen LogP) is 3.23. The van der Waals surface area contributed by atoms with E-state index in [-0.39, 0.29) is 0 Å². The maximum Gasteiger partial charge on any atom is 0.193 e. The van der Waals surface area contributed by atoms with Gasteiger partial charge in [-0.25, -0.2) is 4.99 Å². The molecule has 2 rings (SSSR count). The Morgan fingerprint density at radius 3 is 2.05 bits per heavy atom. The number of anilines is 1. The lowest BCUT2D eigenvalue weighted by Gasteiger charge is -2.06. The molecule has 0 unspecified atom stereocenters. The average Bonchev–Trinajstić information content (AvgIpc) is 2.41. The molecular weight excluding hydrogens is 234 g/mol. The quantitative estimate of drug-likeness (QED) is 0.651. The second-order valence-corrected chi connectivity index (χ2v) is 4.68. The molecule has 0 aliphatic heterocycles. The van der Waals surface area contributed by atoms with E-state index in [0.29, 0.717) is 12.5 Å². The van der Waals surface area contributed by atoms with Crippen molar-refractivity contribution in [1.29, 1.82) is 0 Å². The molecule has 0 amide bonds. The van der Waals surface area contributed by atoms with E-state index in [2.05, 4.69) is 48.4 Å². The maximum atomic E-state index is 5.86. The molecule has 2 aromatic carbocycles. The van der Waals surface area contributed by atoms with Crippen LogP contribution in [0.4, 0.5) is 5.69 Å². The van der Waals surface area contributed by atoms with E-state index >= 15 is 0 Å². The molecule has 3 nitrogen and oxygen atoms in total. The summed E-state index contributed by atoms with van der Waals surface area (Å²) in [5.74, 6) is 0.435. The number of benzene rings is 2. The van der Waals surface area contributed by atoms with E-state index < -0.39 is 0 Å². The van der Waals surface area contributed by atoms with Crippen LogP contribution in [0.15, 0.2) is 53.5 Å². The first-order valence-corrected chi connectivity index (χ1v) is 6.32. The normalized spacial score (nSPS) is 11.4. The molecule has 0 radical (unpaired) electrons. The van der Waals surface area contributed by atoms with Crippen LogP contribution in [0.2, 0.25) is 0 Å². The Morgan fingerprint density at radius 1 is 0.947 bits per heavy atom. The molecule has 0 atom stereocenters. The molecular formula is C16H19N3. The number of aryl methyl sites for hydroxylation is 2. The number of guanidine groups is 1. The highest BCUT2D eigenvalue weighted by molar-refractivity contribution is 5.92. The van der Waals surface area contributed by atoms with Crippen molar-refractivity contribution in [3.8, 4) is 0 Å². The van der Waals surface area contributed by atoms with E-state index in [1.54, 1.807) is 0 Å². The summed E-state index contributed by atoms with van der Waals surface area (Å²) in [6, 6.07) is 16.3.